The van der Waals surface area contributed by atoms with Crippen LogP contribution in [-0.4, -0.2) is 30.3 Å². The molecule has 0 radical (unpaired) electrons. The van der Waals surface area contributed by atoms with Gasteiger partial charge in [-0.15, -0.1) is 0 Å². The molecular weight excluding hydrogens is 160 g/mol. The molecule has 0 atom stereocenters. The van der Waals surface area contributed by atoms with E-state index in [1.54, 1.807) is 13.1 Å². The molecule has 0 aliphatic carbocycles. The van der Waals surface area contributed by atoms with Gasteiger partial charge in [-0.1, -0.05) is 5.16 Å². The second kappa shape index (κ2) is 3.87. The first-order valence-corrected chi connectivity index (χ1v) is 3.44. The number of amides is 1. The van der Waals surface area contributed by atoms with E-state index in [2.05, 4.69) is 14.5 Å². The zero-order chi connectivity index (χ0) is 8.97. The van der Waals surface area contributed by atoms with Gasteiger partial charge in [-0.2, -0.15) is 0 Å². The summed E-state index contributed by atoms with van der Waals surface area (Å²) in [7, 11) is 2.98. The average Bonchev–Trinajstić information content (AvgIpc) is 2.55. The molecule has 5 heteroatoms. The number of aromatic nitrogens is 1. The van der Waals surface area contributed by atoms with Gasteiger partial charge in [0.1, 0.15) is 6.26 Å². The largest absolute Gasteiger partial charge is 0.364 e. The van der Waals surface area contributed by atoms with Gasteiger partial charge >= 0.3 is 0 Å². The van der Waals surface area contributed by atoms with E-state index in [0.717, 1.165) is 5.06 Å². The van der Waals surface area contributed by atoms with Crippen LogP contribution in [0.15, 0.2) is 16.9 Å². The second-order valence-corrected chi connectivity index (χ2v) is 2.24. The van der Waals surface area contributed by atoms with Crippen LogP contribution in [0.3, 0.4) is 0 Å². The molecular formula is C7H10N2O3. The average molecular weight is 170 g/mol. The van der Waals surface area contributed by atoms with Gasteiger partial charge < -0.3 is 4.52 Å². The lowest BCUT2D eigenvalue weighted by Crippen LogP contribution is -2.26. The Labute approximate surface area is 69.8 Å². The number of carbonyl (C=O) groups is 1. The van der Waals surface area contributed by atoms with E-state index in [1.165, 1.54) is 13.4 Å². The molecule has 0 aliphatic rings. The number of hydroxylamine groups is 2. The molecule has 1 aromatic heterocycles. The molecule has 0 fully saturated rings. The Kier molecular flexibility index (Phi) is 2.82. The maximum absolute atomic E-state index is 11.2. The van der Waals surface area contributed by atoms with Crippen molar-refractivity contribution in [3.05, 3.63) is 18.0 Å². The van der Waals surface area contributed by atoms with Crippen molar-refractivity contribution in [2.24, 2.45) is 0 Å². The minimum Gasteiger partial charge on any atom is -0.364 e. The van der Waals surface area contributed by atoms with Crippen molar-refractivity contribution in [3.8, 4) is 0 Å². The van der Waals surface area contributed by atoms with Gasteiger partial charge in [-0.25, -0.2) is 5.06 Å². The molecule has 1 rings (SSSR count). The lowest BCUT2D eigenvalue weighted by molar-refractivity contribution is -0.167. The van der Waals surface area contributed by atoms with Crippen LogP contribution in [0.5, 0.6) is 0 Å². The molecule has 0 spiro atoms. The smallest absolute Gasteiger partial charge is 0.251 e. The fourth-order valence-corrected chi connectivity index (χ4v) is 0.697. The van der Waals surface area contributed by atoms with Crippen LogP contribution >= 0.6 is 0 Å². The quantitative estimate of drug-likeness (QED) is 0.609. The first-order chi connectivity index (χ1) is 5.74. The van der Waals surface area contributed by atoms with E-state index in [-0.39, 0.29) is 12.3 Å². The molecule has 0 bridgehead atoms. The van der Waals surface area contributed by atoms with Gasteiger partial charge in [0.2, 0.25) is 0 Å². The zero-order valence-electron chi connectivity index (χ0n) is 6.98. The molecule has 12 heavy (non-hydrogen) atoms. The molecule has 0 N–H and O–H groups in total. The third-order valence-corrected chi connectivity index (χ3v) is 1.45. The normalized spacial score (nSPS) is 9.83. The van der Waals surface area contributed by atoms with Crippen LogP contribution in [0.25, 0.3) is 0 Å². The summed E-state index contributed by atoms with van der Waals surface area (Å²) in [6.07, 6.45) is 1.62. The van der Waals surface area contributed by atoms with Gasteiger partial charge in [0, 0.05) is 13.1 Å². The molecule has 0 saturated heterocycles. The summed E-state index contributed by atoms with van der Waals surface area (Å²) in [5.41, 5.74) is 0.601. The van der Waals surface area contributed by atoms with E-state index in [4.69, 9.17) is 0 Å². The van der Waals surface area contributed by atoms with Gasteiger partial charge in [0.15, 0.2) is 0 Å². The van der Waals surface area contributed by atoms with Crippen molar-refractivity contribution in [1.82, 2.24) is 10.2 Å². The highest BCUT2D eigenvalue weighted by atomic mass is 16.7. The van der Waals surface area contributed by atoms with Crippen molar-refractivity contribution < 1.29 is 14.2 Å². The topological polar surface area (TPSA) is 55.6 Å². The summed E-state index contributed by atoms with van der Waals surface area (Å²) in [5.74, 6) is -0.161. The number of hydrogen-bond acceptors (Lipinski definition) is 4. The van der Waals surface area contributed by atoms with Crippen LogP contribution in [-0.2, 0) is 16.1 Å². The van der Waals surface area contributed by atoms with Crippen LogP contribution < -0.4 is 0 Å². The van der Waals surface area contributed by atoms with Gasteiger partial charge in [0.25, 0.3) is 5.91 Å². The van der Waals surface area contributed by atoms with Crippen molar-refractivity contribution in [2.75, 3.05) is 14.2 Å². The Morgan fingerprint density at radius 2 is 2.58 bits per heavy atom. The second-order valence-electron chi connectivity index (χ2n) is 2.24. The highest BCUT2D eigenvalue weighted by Gasteiger charge is 2.10. The number of likely N-dealkylation sites (N-methyl/N-ethyl adjacent to an activating group) is 1. The number of hydrogen-bond donors (Lipinski definition) is 0. The first-order valence-electron chi connectivity index (χ1n) is 3.44. The Bertz CT molecular complexity index is 245. The monoisotopic (exact) mass is 170 g/mol. The van der Waals surface area contributed by atoms with E-state index in [9.17, 15) is 4.79 Å². The fraction of sp³-hybridized carbons (Fsp3) is 0.429. The van der Waals surface area contributed by atoms with Crippen molar-refractivity contribution >= 4 is 5.91 Å². The van der Waals surface area contributed by atoms with Gasteiger partial charge in [-0.05, 0) is 0 Å². The third kappa shape index (κ3) is 2.06. The fourth-order valence-electron chi connectivity index (χ4n) is 0.697. The summed E-state index contributed by atoms with van der Waals surface area (Å²) in [6, 6.07) is 1.64. The molecule has 0 unspecified atom stereocenters. The Balaban J connectivity index is 2.47. The Hall–Kier alpha value is -1.36. The van der Waals surface area contributed by atoms with Gasteiger partial charge in [-0.3, -0.25) is 9.63 Å². The maximum atomic E-state index is 11.2. The molecule has 1 aromatic rings. The summed E-state index contributed by atoms with van der Waals surface area (Å²) in [4.78, 5) is 15.8. The highest BCUT2D eigenvalue weighted by Crippen LogP contribution is 1.98. The van der Waals surface area contributed by atoms with E-state index < -0.39 is 0 Å². The predicted molar refractivity (Wildman–Crippen MR) is 40.0 cm³/mol. The number of rotatable bonds is 3. The van der Waals surface area contributed by atoms with Crippen molar-refractivity contribution in [1.29, 1.82) is 0 Å². The molecule has 1 heterocycles. The summed E-state index contributed by atoms with van der Waals surface area (Å²) in [6.45, 7) is 0. The van der Waals surface area contributed by atoms with Gasteiger partial charge in [0.05, 0.1) is 19.2 Å². The summed E-state index contributed by atoms with van der Waals surface area (Å²) in [5, 5.41) is 4.74. The molecule has 1 amide bonds. The van der Waals surface area contributed by atoms with Crippen molar-refractivity contribution in [3.63, 3.8) is 0 Å². The minimum atomic E-state index is -0.161. The predicted octanol–water partition coefficient (Wildman–Crippen LogP) is 0.237. The molecule has 0 aliphatic heterocycles. The van der Waals surface area contributed by atoms with Crippen LogP contribution in [0.4, 0.5) is 0 Å². The van der Waals surface area contributed by atoms with E-state index in [0.29, 0.717) is 5.69 Å². The summed E-state index contributed by atoms with van der Waals surface area (Å²) < 4.78 is 4.57. The molecule has 66 valence electrons. The lowest BCUT2D eigenvalue weighted by atomic mass is 10.3. The van der Waals surface area contributed by atoms with Crippen LogP contribution in [0.1, 0.15) is 5.69 Å². The molecule has 5 nitrogen and oxygen atoms in total. The Morgan fingerprint density at radius 1 is 1.83 bits per heavy atom. The van der Waals surface area contributed by atoms with E-state index in [1.807, 2.05) is 0 Å². The molecule has 0 aromatic carbocycles. The standard InChI is InChI=1S/C7H10N2O3/c1-9(11-2)7(10)5-6-3-4-12-8-6/h3-4H,5H2,1-2H3. The highest BCUT2D eigenvalue weighted by molar-refractivity contribution is 5.76. The molecule has 0 saturated carbocycles. The minimum absolute atomic E-state index is 0.161. The maximum Gasteiger partial charge on any atom is 0.251 e. The summed E-state index contributed by atoms with van der Waals surface area (Å²) >= 11 is 0. The first kappa shape index (κ1) is 8.73. The number of nitrogens with zero attached hydrogens (tertiary/aromatic N) is 2. The van der Waals surface area contributed by atoms with Crippen molar-refractivity contribution in [2.45, 2.75) is 6.42 Å². The number of carbonyl (C=O) groups excluding carboxylic acids is 1. The zero-order valence-corrected chi connectivity index (χ0v) is 6.98. The SMILES string of the molecule is CON(C)C(=O)Cc1ccon1. The lowest BCUT2D eigenvalue weighted by Gasteiger charge is -2.11. The van der Waals surface area contributed by atoms with Crippen LogP contribution in [0.2, 0.25) is 0 Å². The van der Waals surface area contributed by atoms with E-state index >= 15 is 0 Å². The third-order valence-electron chi connectivity index (χ3n) is 1.45. The van der Waals surface area contributed by atoms with Crippen LogP contribution in [0, 0.1) is 0 Å². The Morgan fingerprint density at radius 3 is 3.08 bits per heavy atom.